The zero-order valence-electron chi connectivity index (χ0n) is 9.54. The van der Waals surface area contributed by atoms with Crippen molar-refractivity contribution in [2.75, 3.05) is 0 Å². The minimum atomic E-state index is 0.276. The fourth-order valence-corrected chi connectivity index (χ4v) is 3.25. The molecule has 0 aromatic heterocycles. The standard InChI is InChI=1S/C16H14O/c1-2-6-11(7-3-1)14-10-15-12-8-4-5-9-13(12)16(14)17-15/h1-9,14-16H,10H2. The minimum absolute atomic E-state index is 0.276. The van der Waals surface area contributed by atoms with Gasteiger partial charge in [0.1, 0.15) is 0 Å². The summed E-state index contributed by atoms with van der Waals surface area (Å²) >= 11 is 0. The van der Waals surface area contributed by atoms with E-state index in [1.165, 1.54) is 16.7 Å². The van der Waals surface area contributed by atoms with Crippen LogP contribution in [-0.4, -0.2) is 0 Å². The Morgan fingerprint density at radius 1 is 0.824 bits per heavy atom. The molecule has 17 heavy (non-hydrogen) atoms. The molecule has 0 aliphatic carbocycles. The van der Waals surface area contributed by atoms with Crippen LogP contribution in [0.25, 0.3) is 0 Å². The highest BCUT2D eigenvalue weighted by molar-refractivity contribution is 5.41. The molecule has 0 radical (unpaired) electrons. The van der Waals surface area contributed by atoms with E-state index < -0.39 is 0 Å². The van der Waals surface area contributed by atoms with Crippen molar-refractivity contribution in [2.45, 2.75) is 24.5 Å². The van der Waals surface area contributed by atoms with E-state index in [4.69, 9.17) is 4.74 Å². The molecule has 2 aliphatic rings. The van der Waals surface area contributed by atoms with E-state index in [0.717, 1.165) is 6.42 Å². The first-order valence-electron chi connectivity index (χ1n) is 6.23. The maximum Gasteiger partial charge on any atom is 0.0906 e. The SMILES string of the molecule is c1ccc(C2CC3OC2c2ccccc23)cc1. The summed E-state index contributed by atoms with van der Waals surface area (Å²) in [5, 5.41) is 0. The first kappa shape index (κ1) is 9.43. The van der Waals surface area contributed by atoms with Crippen molar-refractivity contribution < 1.29 is 4.74 Å². The highest BCUT2D eigenvalue weighted by Crippen LogP contribution is 2.57. The van der Waals surface area contributed by atoms with Crippen LogP contribution in [0.1, 0.15) is 41.2 Å². The molecule has 2 aromatic carbocycles. The van der Waals surface area contributed by atoms with Crippen LogP contribution in [0.2, 0.25) is 0 Å². The second-order valence-corrected chi connectivity index (χ2v) is 4.93. The molecule has 2 aliphatic heterocycles. The molecule has 3 atom stereocenters. The summed E-state index contributed by atoms with van der Waals surface area (Å²) in [7, 11) is 0. The van der Waals surface area contributed by atoms with E-state index in [9.17, 15) is 0 Å². The summed E-state index contributed by atoms with van der Waals surface area (Å²) in [6, 6.07) is 19.4. The zero-order valence-corrected chi connectivity index (χ0v) is 9.54. The fourth-order valence-electron chi connectivity index (χ4n) is 3.25. The molecule has 0 saturated carbocycles. The average molecular weight is 222 g/mol. The van der Waals surface area contributed by atoms with Gasteiger partial charge in [-0.3, -0.25) is 0 Å². The van der Waals surface area contributed by atoms with E-state index in [-0.39, 0.29) is 6.10 Å². The Bertz CT molecular complexity index is 546. The number of fused-ring (bicyclic) bond motifs is 5. The Morgan fingerprint density at radius 2 is 1.53 bits per heavy atom. The molecule has 3 unspecified atom stereocenters. The fraction of sp³-hybridized carbons (Fsp3) is 0.250. The molecule has 0 N–H and O–H groups in total. The third-order valence-corrected chi connectivity index (χ3v) is 4.02. The van der Waals surface area contributed by atoms with Crippen LogP contribution < -0.4 is 0 Å². The number of benzene rings is 2. The third-order valence-electron chi connectivity index (χ3n) is 4.02. The predicted molar refractivity (Wildman–Crippen MR) is 66.8 cm³/mol. The van der Waals surface area contributed by atoms with Gasteiger partial charge in [-0.05, 0) is 23.1 Å². The molecule has 1 fully saturated rings. The monoisotopic (exact) mass is 222 g/mol. The van der Waals surface area contributed by atoms with Gasteiger partial charge in [-0.1, -0.05) is 54.6 Å². The highest BCUT2D eigenvalue weighted by atomic mass is 16.5. The van der Waals surface area contributed by atoms with Gasteiger partial charge >= 0.3 is 0 Å². The molecule has 2 bridgehead atoms. The normalized spacial score (nSPS) is 29.3. The van der Waals surface area contributed by atoms with Crippen LogP contribution in [0, 0.1) is 0 Å². The van der Waals surface area contributed by atoms with Gasteiger partial charge in [0.2, 0.25) is 0 Å². The summed E-state index contributed by atoms with van der Waals surface area (Å²) in [4.78, 5) is 0. The van der Waals surface area contributed by atoms with Crippen molar-refractivity contribution >= 4 is 0 Å². The largest absolute Gasteiger partial charge is 0.365 e. The van der Waals surface area contributed by atoms with E-state index in [2.05, 4.69) is 54.6 Å². The molecule has 2 heterocycles. The van der Waals surface area contributed by atoms with Gasteiger partial charge in [-0.2, -0.15) is 0 Å². The predicted octanol–water partition coefficient (Wildman–Crippen LogP) is 3.99. The summed E-state index contributed by atoms with van der Waals surface area (Å²) in [6.45, 7) is 0. The zero-order chi connectivity index (χ0) is 11.2. The maximum absolute atomic E-state index is 6.11. The van der Waals surface area contributed by atoms with E-state index >= 15 is 0 Å². The van der Waals surface area contributed by atoms with Crippen molar-refractivity contribution in [1.82, 2.24) is 0 Å². The van der Waals surface area contributed by atoms with Crippen molar-refractivity contribution in [3.63, 3.8) is 0 Å². The summed E-state index contributed by atoms with van der Waals surface area (Å²) in [5.41, 5.74) is 4.22. The quantitative estimate of drug-likeness (QED) is 0.709. The van der Waals surface area contributed by atoms with Gasteiger partial charge in [0.05, 0.1) is 12.2 Å². The Kier molecular flexibility index (Phi) is 1.91. The molecule has 2 aromatic rings. The van der Waals surface area contributed by atoms with Crippen molar-refractivity contribution in [3.8, 4) is 0 Å². The molecule has 84 valence electrons. The molecule has 4 rings (SSSR count). The van der Waals surface area contributed by atoms with Crippen LogP contribution in [0.3, 0.4) is 0 Å². The lowest BCUT2D eigenvalue weighted by molar-refractivity contribution is 0.0675. The van der Waals surface area contributed by atoms with E-state index in [0.29, 0.717) is 12.0 Å². The summed E-state index contributed by atoms with van der Waals surface area (Å²) in [6.07, 6.45) is 1.73. The van der Waals surface area contributed by atoms with Gasteiger partial charge in [0, 0.05) is 5.92 Å². The summed E-state index contributed by atoms with van der Waals surface area (Å²) in [5.74, 6) is 0.538. The van der Waals surface area contributed by atoms with Gasteiger partial charge in [0.15, 0.2) is 0 Å². The van der Waals surface area contributed by atoms with Gasteiger partial charge in [-0.25, -0.2) is 0 Å². The second-order valence-electron chi connectivity index (χ2n) is 4.93. The molecular formula is C16H14O. The van der Waals surface area contributed by atoms with Crippen LogP contribution in [0.4, 0.5) is 0 Å². The Morgan fingerprint density at radius 3 is 2.35 bits per heavy atom. The Labute approximate surface area is 101 Å². The highest BCUT2D eigenvalue weighted by Gasteiger charge is 2.45. The lowest BCUT2D eigenvalue weighted by Gasteiger charge is -2.21. The molecule has 0 spiro atoms. The first-order chi connectivity index (χ1) is 8.43. The smallest absolute Gasteiger partial charge is 0.0906 e. The number of ether oxygens (including phenoxy) is 1. The molecule has 1 saturated heterocycles. The minimum Gasteiger partial charge on any atom is -0.365 e. The number of hydrogen-bond acceptors (Lipinski definition) is 1. The topological polar surface area (TPSA) is 9.23 Å². The average Bonchev–Trinajstić information content (AvgIpc) is 2.99. The Hall–Kier alpha value is -1.60. The van der Waals surface area contributed by atoms with Gasteiger partial charge in [-0.15, -0.1) is 0 Å². The number of hydrogen-bond donors (Lipinski definition) is 0. The van der Waals surface area contributed by atoms with Crippen LogP contribution in [0.15, 0.2) is 54.6 Å². The van der Waals surface area contributed by atoms with Gasteiger partial charge in [0.25, 0.3) is 0 Å². The lowest BCUT2D eigenvalue weighted by Crippen LogP contribution is -2.08. The first-order valence-corrected chi connectivity index (χ1v) is 6.23. The van der Waals surface area contributed by atoms with Gasteiger partial charge < -0.3 is 4.74 Å². The lowest BCUT2D eigenvalue weighted by atomic mass is 9.80. The molecule has 1 nitrogen and oxygen atoms in total. The second kappa shape index (κ2) is 3.44. The van der Waals surface area contributed by atoms with Crippen molar-refractivity contribution in [2.24, 2.45) is 0 Å². The maximum atomic E-state index is 6.11. The molecule has 1 heteroatoms. The van der Waals surface area contributed by atoms with E-state index in [1.54, 1.807) is 0 Å². The molecule has 0 amide bonds. The van der Waals surface area contributed by atoms with E-state index in [1.807, 2.05) is 0 Å². The van der Waals surface area contributed by atoms with Crippen LogP contribution in [0.5, 0.6) is 0 Å². The van der Waals surface area contributed by atoms with Crippen LogP contribution in [-0.2, 0) is 4.74 Å². The molecular weight excluding hydrogens is 208 g/mol. The number of rotatable bonds is 1. The van der Waals surface area contributed by atoms with Crippen molar-refractivity contribution in [3.05, 3.63) is 71.3 Å². The third kappa shape index (κ3) is 1.29. The van der Waals surface area contributed by atoms with Crippen LogP contribution >= 0.6 is 0 Å². The Balaban J connectivity index is 1.77. The van der Waals surface area contributed by atoms with Crippen molar-refractivity contribution in [1.29, 1.82) is 0 Å². The summed E-state index contributed by atoms with van der Waals surface area (Å²) < 4.78 is 6.11.